The van der Waals surface area contributed by atoms with E-state index in [1.165, 1.54) is 30.3 Å². The summed E-state index contributed by atoms with van der Waals surface area (Å²) in [5.41, 5.74) is 3.84. The molecule has 2 unspecified atom stereocenters. The van der Waals surface area contributed by atoms with Crippen LogP contribution < -0.4 is 15.1 Å². The van der Waals surface area contributed by atoms with Crippen LogP contribution >= 0.6 is 12.4 Å². The summed E-state index contributed by atoms with van der Waals surface area (Å²) in [5.74, 6) is 0.622. The molecule has 0 bridgehead atoms. The molecule has 1 amide bonds. The number of aromatic nitrogens is 4. The average molecular weight is 1030 g/mol. The quantitative estimate of drug-likeness (QED) is 0.159. The van der Waals surface area contributed by atoms with E-state index in [2.05, 4.69) is 15.3 Å². The molecule has 2 N–H and O–H groups in total. The van der Waals surface area contributed by atoms with Crippen LogP contribution in [0.1, 0.15) is 90.7 Å². The van der Waals surface area contributed by atoms with Crippen LogP contribution in [0.3, 0.4) is 0 Å². The molecule has 0 spiro atoms. The zero-order chi connectivity index (χ0) is 50.6. The second-order valence-electron chi connectivity index (χ2n) is 18.3. The lowest BCUT2D eigenvalue weighted by molar-refractivity contribution is -0.138. The highest BCUT2D eigenvalue weighted by molar-refractivity contribution is 5.92. The minimum Gasteiger partial charge on any atom is -0.476 e. The first-order chi connectivity index (χ1) is 33.8. The molecule has 2 saturated heterocycles. The normalized spacial score (nSPS) is 17.8. The Morgan fingerprint density at radius 3 is 1.50 bits per heavy atom. The number of aryl methyl sites for hydroxylation is 4. The summed E-state index contributed by atoms with van der Waals surface area (Å²) < 4.78 is 108. The number of carboxylic acids is 1. The number of carboxylic acid groups (broad SMARTS) is 1. The molecule has 4 aromatic carbocycles. The van der Waals surface area contributed by atoms with Crippen molar-refractivity contribution in [2.45, 2.75) is 76.8 Å². The van der Waals surface area contributed by atoms with Crippen molar-refractivity contribution in [1.82, 2.24) is 29.3 Å². The van der Waals surface area contributed by atoms with Gasteiger partial charge in [-0.05, 0) is 97.5 Å². The first-order valence-electron chi connectivity index (χ1n) is 23.5. The summed E-state index contributed by atoms with van der Waals surface area (Å²) in [6.07, 6.45) is -2.01. The van der Waals surface area contributed by atoms with Crippen LogP contribution in [-0.2, 0) is 38.3 Å². The number of halogens is 9. The van der Waals surface area contributed by atoms with E-state index in [4.69, 9.17) is 5.11 Å². The second-order valence-corrected chi connectivity index (χ2v) is 18.3. The first kappa shape index (κ1) is 53.3. The molecular weight excluding hydrogens is 972 g/mol. The maximum absolute atomic E-state index is 13.7. The Morgan fingerprint density at radius 2 is 1.06 bits per heavy atom. The van der Waals surface area contributed by atoms with Crippen LogP contribution in [-0.4, -0.2) is 93.3 Å². The summed E-state index contributed by atoms with van der Waals surface area (Å²) in [5, 5.41) is 12.1. The summed E-state index contributed by atoms with van der Waals surface area (Å²) in [6.45, 7) is 9.75. The van der Waals surface area contributed by atoms with E-state index < -0.39 is 29.4 Å². The highest BCUT2D eigenvalue weighted by Crippen LogP contribution is 2.35. The molecule has 0 radical (unpaired) electrons. The molecule has 4 aliphatic heterocycles. The third-order valence-corrected chi connectivity index (χ3v) is 13.5. The molecule has 6 aromatic rings. The number of carbonyl (C=O) groups is 2. The maximum Gasteiger partial charge on any atom is 0.416 e. The number of nitrogens with zero attached hydrogens (tertiary/aromatic N) is 7. The second kappa shape index (κ2) is 22.5. The average Bonchev–Trinajstić information content (AvgIpc) is 4.01. The molecule has 4 aliphatic rings. The lowest BCUT2D eigenvalue weighted by atomic mass is 9.90. The molecule has 20 heteroatoms. The first-order valence-corrected chi connectivity index (χ1v) is 23.5. The number of fused-ring (bicyclic) bond motifs is 2. The number of rotatable bonds is 6. The van der Waals surface area contributed by atoms with Crippen LogP contribution in [0.15, 0.2) is 97.3 Å². The lowest BCUT2D eigenvalue weighted by Crippen LogP contribution is -2.49. The number of benzene rings is 4. The Bertz CT molecular complexity index is 2850. The van der Waals surface area contributed by atoms with Gasteiger partial charge in [-0.15, -0.1) is 12.4 Å². The highest BCUT2D eigenvalue weighted by Gasteiger charge is 2.33. The van der Waals surface area contributed by atoms with Crippen LogP contribution in [0.25, 0.3) is 0 Å². The standard InChI is InChI=1S/C26H26F4N4O.C15H15FN2O2.C11H13F3N2.ClH/c1-17-13-18(5-7-22(17)27)19-6-8-24-31-23(16-34(24)15-19)25(35)33-11-9-32(10-12-33)21-4-2-3-20(14-21)26(28,29)30;1-9-6-10(2-4-12(9)16)11-3-5-14-17-13(15(19)20)8-18(14)7-11;12-11(13,14)9-2-1-3-10(8-9)16-6-4-15-5-7-16;/h2-5,7,13-14,16,19H,6,8-12,15H2,1H3;2,4,6,8,11H,3,5,7H2,1H3,(H,19,20);1-3,8,15H,4-7H2;1H. The smallest absolute Gasteiger partial charge is 0.416 e. The molecule has 11 nitrogen and oxygen atoms in total. The van der Waals surface area contributed by atoms with Crippen molar-refractivity contribution in [2.75, 3.05) is 62.2 Å². The largest absolute Gasteiger partial charge is 0.476 e. The number of imidazole rings is 2. The van der Waals surface area contributed by atoms with Crippen molar-refractivity contribution < 1.29 is 49.8 Å². The minimum atomic E-state index is -4.39. The fraction of sp³-hybridized carbons (Fsp3) is 0.385. The van der Waals surface area contributed by atoms with Gasteiger partial charge < -0.3 is 34.3 Å². The topological polar surface area (TPSA) is 112 Å². The molecule has 0 saturated carbocycles. The van der Waals surface area contributed by atoms with Gasteiger partial charge in [0.05, 0.1) is 11.1 Å². The maximum atomic E-state index is 13.7. The molecule has 2 atom stereocenters. The molecule has 72 heavy (non-hydrogen) atoms. The van der Waals surface area contributed by atoms with Crippen molar-refractivity contribution >= 4 is 35.7 Å². The van der Waals surface area contributed by atoms with Gasteiger partial charge in [0.25, 0.3) is 5.91 Å². The van der Waals surface area contributed by atoms with Gasteiger partial charge in [0, 0.05) is 114 Å². The number of aromatic carboxylic acids is 1. The van der Waals surface area contributed by atoms with Crippen LogP contribution in [0.4, 0.5) is 46.5 Å². The Morgan fingerprint density at radius 1 is 0.611 bits per heavy atom. The predicted octanol–water partition coefficient (Wildman–Crippen LogP) is 10.3. The summed E-state index contributed by atoms with van der Waals surface area (Å²) >= 11 is 0. The number of carbonyl (C=O) groups excluding carboxylic acids is 1. The fourth-order valence-corrected chi connectivity index (χ4v) is 9.49. The van der Waals surface area contributed by atoms with E-state index in [1.54, 1.807) is 43.3 Å². The van der Waals surface area contributed by atoms with Gasteiger partial charge in [-0.25, -0.2) is 23.5 Å². The predicted molar refractivity (Wildman–Crippen MR) is 259 cm³/mol. The van der Waals surface area contributed by atoms with Crippen molar-refractivity contribution in [3.63, 3.8) is 0 Å². The fourth-order valence-electron chi connectivity index (χ4n) is 9.49. The third-order valence-electron chi connectivity index (χ3n) is 13.5. The molecular formula is C52H55ClF8N8O3. The van der Waals surface area contributed by atoms with E-state index in [9.17, 15) is 44.7 Å². The number of anilines is 2. The number of hydrogen-bond donors (Lipinski definition) is 2. The Hall–Kier alpha value is -6.47. The number of nitrogens with one attached hydrogen (secondary N) is 1. The van der Waals surface area contributed by atoms with Gasteiger partial charge in [0.15, 0.2) is 5.69 Å². The minimum absolute atomic E-state index is 0. The Balaban J connectivity index is 0.000000174. The third kappa shape index (κ3) is 12.8. The van der Waals surface area contributed by atoms with Crippen LogP contribution in [0.2, 0.25) is 0 Å². The highest BCUT2D eigenvalue weighted by atomic mass is 35.5. The van der Waals surface area contributed by atoms with Crippen LogP contribution in [0, 0.1) is 25.5 Å². The van der Waals surface area contributed by atoms with Crippen molar-refractivity contribution in [3.05, 3.63) is 165 Å². The van der Waals surface area contributed by atoms with Gasteiger partial charge in [0.1, 0.15) is 29.0 Å². The Labute approximate surface area is 417 Å². The molecule has 384 valence electrons. The number of alkyl halides is 6. The zero-order valence-electron chi connectivity index (χ0n) is 39.6. The van der Waals surface area contributed by atoms with Gasteiger partial charge in [-0.2, -0.15) is 26.3 Å². The monoisotopic (exact) mass is 1030 g/mol. The lowest BCUT2D eigenvalue weighted by Gasteiger charge is -2.36. The Kier molecular flexibility index (Phi) is 16.7. The van der Waals surface area contributed by atoms with Crippen molar-refractivity contribution in [3.8, 4) is 0 Å². The van der Waals surface area contributed by atoms with E-state index in [0.29, 0.717) is 67.5 Å². The molecule has 2 aromatic heterocycles. The van der Waals surface area contributed by atoms with E-state index >= 15 is 0 Å². The SMILES string of the molecule is Cc1cc(C2CCc3nc(C(=O)N4CCN(c5cccc(C(F)(F)F)c5)CC4)cn3C2)ccc1F.Cc1cc(C2CCc3nc(C(=O)O)cn3C2)ccc1F.Cl.FC(F)(F)c1cccc(N2CCNCC2)c1. The van der Waals surface area contributed by atoms with Gasteiger partial charge in [-0.3, -0.25) is 4.79 Å². The van der Waals surface area contributed by atoms with Crippen LogP contribution in [0.5, 0.6) is 0 Å². The summed E-state index contributed by atoms with van der Waals surface area (Å²) in [6, 6.07) is 21.2. The summed E-state index contributed by atoms with van der Waals surface area (Å²) in [4.78, 5) is 38.3. The molecule has 0 aliphatic carbocycles. The van der Waals surface area contributed by atoms with Crippen molar-refractivity contribution in [2.24, 2.45) is 0 Å². The zero-order valence-corrected chi connectivity index (χ0v) is 40.4. The van der Waals surface area contributed by atoms with Crippen molar-refractivity contribution in [1.29, 1.82) is 0 Å². The number of amides is 1. The van der Waals surface area contributed by atoms with E-state index in [-0.39, 0.29) is 47.5 Å². The van der Waals surface area contributed by atoms with E-state index in [1.807, 2.05) is 43.2 Å². The van der Waals surface area contributed by atoms with Gasteiger partial charge in [0.2, 0.25) is 0 Å². The molecule has 2 fully saturated rings. The number of piperazine rings is 2. The van der Waals surface area contributed by atoms with E-state index in [0.717, 1.165) is 92.8 Å². The molecule has 10 rings (SSSR count). The van der Waals surface area contributed by atoms with Gasteiger partial charge >= 0.3 is 18.3 Å². The van der Waals surface area contributed by atoms with Gasteiger partial charge in [-0.1, -0.05) is 36.4 Å². The molecule has 6 heterocycles. The number of hydrogen-bond acceptors (Lipinski definition) is 7. The summed E-state index contributed by atoms with van der Waals surface area (Å²) in [7, 11) is 0.